The second-order valence-corrected chi connectivity index (χ2v) is 20.2. The van der Waals surface area contributed by atoms with Crippen molar-refractivity contribution in [2.75, 3.05) is 52.4 Å². The lowest BCUT2D eigenvalue weighted by atomic mass is 10.0. The SMILES string of the molecule is Cc1ccc(-c2c(C)noc2C)cc1S(=O)(=O)N1CCN(Cc2ccc(OBOc3ccc(CN4CCN(S(=O)(=O)c5cc(-c6c(C)noc6C)ccc5C)CC4)cc3)cc2)CC1. The highest BCUT2D eigenvalue weighted by atomic mass is 32.2. The van der Waals surface area contributed by atoms with Gasteiger partial charge in [0.2, 0.25) is 20.0 Å². The molecule has 4 aromatic carbocycles. The Kier molecular flexibility index (Phi) is 13.0. The lowest BCUT2D eigenvalue weighted by molar-refractivity contribution is 0.181. The highest BCUT2D eigenvalue weighted by molar-refractivity contribution is 7.89. The molecule has 4 heterocycles. The molecule has 0 amide bonds. The van der Waals surface area contributed by atoms with E-state index in [1.807, 2.05) is 114 Å². The van der Waals surface area contributed by atoms with Gasteiger partial charge >= 0.3 is 7.69 Å². The Morgan fingerprint density at radius 1 is 0.524 bits per heavy atom. The second-order valence-electron chi connectivity index (χ2n) is 16.4. The van der Waals surface area contributed by atoms with Gasteiger partial charge in [-0.2, -0.15) is 8.61 Å². The van der Waals surface area contributed by atoms with Gasteiger partial charge in [0.1, 0.15) is 23.0 Å². The van der Waals surface area contributed by atoms with E-state index in [4.69, 9.17) is 18.4 Å². The Morgan fingerprint density at radius 3 is 1.22 bits per heavy atom. The first-order chi connectivity index (χ1) is 30.2. The summed E-state index contributed by atoms with van der Waals surface area (Å²) in [5.74, 6) is 2.69. The molecule has 0 aliphatic carbocycles. The van der Waals surface area contributed by atoms with Gasteiger partial charge in [-0.25, -0.2) is 16.8 Å². The fourth-order valence-corrected chi connectivity index (χ4v) is 11.8. The number of piperazine rings is 2. The lowest BCUT2D eigenvalue weighted by Crippen LogP contribution is -2.48. The van der Waals surface area contributed by atoms with Gasteiger partial charge < -0.3 is 18.4 Å². The smallest absolute Gasteiger partial charge is 0.529 e. The number of hydrogen-bond donors (Lipinski definition) is 0. The molecule has 8 rings (SSSR count). The van der Waals surface area contributed by atoms with Gasteiger partial charge in [0.25, 0.3) is 0 Å². The third-order valence-corrected chi connectivity index (χ3v) is 16.1. The molecule has 0 N–H and O–H groups in total. The van der Waals surface area contributed by atoms with E-state index in [9.17, 15) is 16.8 Å². The highest BCUT2D eigenvalue weighted by Crippen LogP contribution is 2.33. The Hall–Kier alpha value is -5.30. The van der Waals surface area contributed by atoms with Crippen LogP contribution in [0.1, 0.15) is 45.2 Å². The summed E-state index contributed by atoms with van der Waals surface area (Å²) in [4.78, 5) is 5.15. The molecule has 0 saturated carbocycles. The number of rotatable bonds is 14. The fourth-order valence-electron chi connectivity index (χ4n) is 8.46. The molecule has 0 bridgehead atoms. The van der Waals surface area contributed by atoms with Crippen LogP contribution in [0.5, 0.6) is 11.5 Å². The van der Waals surface area contributed by atoms with Crippen molar-refractivity contribution >= 4 is 27.7 Å². The summed E-state index contributed by atoms with van der Waals surface area (Å²) in [5.41, 5.74) is 8.30. The Bertz CT molecular complexity index is 2570. The molecule has 2 fully saturated rings. The summed E-state index contributed by atoms with van der Waals surface area (Å²) in [6.45, 7) is 16.5. The van der Waals surface area contributed by atoms with Crippen molar-refractivity contribution < 1.29 is 35.2 Å². The summed E-state index contributed by atoms with van der Waals surface area (Å²) in [5, 5.41) is 8.07. The van der Waals surface area contributed by atoms with Gasteiger partial charge in [0, 0.05) is 76.6 Å². The van der Waals surface area contributed by atoms with E-state index in [1.54, 1.807) is 20.7 Å². The zero-order valence-corrected chi connectivity index (χ0v) is 38.3. The van der Waals surface area contributed by atoms with Crippen molar-refractivity contribution in [2.45, 2.75) is 64.4 Å². The van der Waals surface area contributed by atoms with Gasteiger partial charge in [-0.3, -0.25) is 9.80 Å². The van der Waals surface area contributed by atoms with Crippen LogP contribution >= 0.6 is 0 Å². The normalized spacial score (nSPS) is 16.0. The van der Waals surface area contributed by atoms with Crippen molar-refractivity contribution in [3.63, 3.8) is 0 Å². The molecular formula is C46H53BN6O8S2. The van der Waals surface area contributed by atoms with Crippen molar-refractivity contribution in [1.29, 1.82) is 0 Å². The summed E-state index contributed by atoms with van der Waals surface area (Å²) in [6, 6.07) is 26.8. The predicted molar refractivity (Wildman–Crippen MR) is 242 cm³/mol. The monoisotopic (exact) mass is 892 g/mol. The van der Waals surface area contributed by atoms with Gasteiger partial charge in [-0.15, -0.1) is 0 Å². The quantitative estimate of drug-likeness (QED) is 0.109. The maximum Gasteiger partial charge on any atom is 0.576 e. The molecule has 2 aliphatic heterocycles. The average molecular weight is 893 g/mol. The number of nitrogens with zero attached hydrogens (tertiary/aromatic N) is 6. The predicted octanol–water partition coefficient (Wildman–Crippen LogP) is 6.58. The molecular weight excluding hydrogens is 839 g/mol. The first-order valence-electron chi connectivity index (χ1n) is 21.1. The van der Waals surface area contributed by atoms with Crippen molar-refractivity contribution in [1.82, 2.24) is 28.7 Å². The molecule has 330 valence electrons. The van der Waals surface area contributed by atoms with Crippen LogP contribution in [0.3, 0.4) is 0 Å². The minimum absolute atomic E-state index is 0.0483. The van der Waals surface area contributed by atoms with Crippen LogP contribution in [-0.2, 0) is 33.1 Å². The minimum Gasteiger partial charge on any atom is -0.529 e. The van der Waals surface area contributed by atoms with E-state index in [0.717, 1.165) is 44.8 Å². The van der Waals surface area contributed by atoms with Gasteiger partial charge in [0.05, 0.1) is 21.2 Å². The third kappa shape index (κ3) is 9.64. The van der Waals surface area contributed by atoms with Gasteiger partial charge in [-0.05, 0) is 111 Å². The topological polar surface area (TPSA) is 152 Å². The van der Waals surface area contributed by atoms with E-state index in [2.05, 4.69) is 20.1 Å². The molecule has 0 spiro atoms. The van der Waals surface area contributed by atoms with Crippen LogP contribution in [-0.4, -0.2) is 106 Å². The minimum atomic E-state index is -3.69. The Labute approximate surface area is 370 Å². The molecule has 63 heavy (non-hydrogen) atoms. The molecule has 14 nitrogen and oxygen atoms in total. The van der Waals surface area contributed by atoms with Crippen LogP contribution in [0.4, 0.5) is 0 Å². The van der Waals surface area contributed by atoms with Crippen LogP contribution in [0, 0.1) is 41.5 Å². The van der Waals surface area contributed by atoms with Crippen molar-refractivity contribution in [3.05, 3.63) is 130 Å². The molecule has 0 radical (unpaired) electrons. The molecule has 0 unspecified atom stereocenters. The summed E-state index contributed by atoms with van der Waals surface area (Å²) >= 11 is 0. The van der Waals surface area contributed by atoms with Crippen LogP contribution in [0.2, 0.25) is 0 Å². The standard InChI is InChI=1S/C46H53BN6O8S2/c1-31-7-13-39(45-33(3)48-60-35(45)5)27-43(31)62(54,55)52-23-19-50(20-24-52)29-37-9-15-41(16-10-37)58-47-59-42-17-11-38(12-18-42)30-51-21-25-53(26-22-51)63(56,57)44-28-40(14-8-32(44)2)46-34(4)49-61-36(46)6/h7-18,27-28,47H,19-26,29-30H2,1-6H3. The Balaban J connectivity index is 0.765. The summed E-state index contributed by atoms with van der Waals surface area (Å²) in [7, 11) is -7.33. The van der Waals surface area contributed by atoms with E-state index in [0.29, 0.717) is 109 Å². The zero-order valence-electron chi connectivity index (χ0n) is 36.6. The molecule has 6 aromatic rings. The summed E-state index contributed by atoms with van der Waals surface area (Å²) < 4.78 is 80.8. The van der Waals surface area contributed by atoms with Gasteiger partial charge in [0.15, 0.2) is 0 Å². The zero-order chi connectivity index (χ0) is 44.5. The highest BCUT2D eigenvalue weighted by Gasteiger charge is 2.32. The van der Waals surface area contributed by atoms with Crippen LogP contribution in [0.25, 0.3) is 22.3 Å². The molecule has 2 aromatic heterocycles. The van der Waals surface area contributed by atoms with Crippen molar-refractivity contribution in [2.24, 2.45) is 0 Å². The third-order valence-electron chi connectivity index (χ3n) is 12.0. The number of aryl methyl sites for hydroxylation is 6. The van der Waals surface area contributed by atoms with E-state index in [-0.39, 0.29) is 7.69 Å². The largest absolute Gasteiger partial charge is 0.576 e. The van der Waals surface area contributed by atoms with E-state index < -0.39 is 20.0 Å². The molecule has 2 aliphatic rings. The number of hydrogen-bond acceptors (Lipinski definition) is 12. The Morgan fingerprint density at radius 2 is 0.889 bits per heavy atom. The molecule has 2 saturated heterocycles. The lowest BCUT2D eigenvalue weighted by Gasteiger charge is -2.34. The number of sulfonamides is 2. The number of benzene rings is 4. The number of aromatic nitrogens is 2. The van der Waals surface area contributed by atoms with E-state index in [1.165, 1.54) is 0 Å². The maximum atomic E-state index is 13.8. The average Bonchev–Trinajstić information content (AvgIpc) is 3.80. The van der Waals surface area contributed by atoms with E-state index >= 15 is 0 Å². The second kappa shape index (κ2) is 18.4. The van der Waals surface area contributed by atoms with Gasteiger partial charge in [-0.1, -0.05) is 58.8 Å². The molecule has 0 atom stereocenters. The maximum absolute atomic E-state index is 13.8. The summed E-state index contributed by atoms with van der Waals surface area (Å²) in [6.07, 6.45) is 0. The first-order valence-corrected chi connectivity index (χ1v) is 24.0. The van der Waals surface area contributed by atoms with Crippen LogP contribution in [0.15, 0.2) is 104 Å². The van der Waals surface area contributed by atoms with Crippen molar-refractivity contribution in [3.8, 4) is 33.8 Å². The fraction of sp³-hybridized carbons (Fsp3) is 0.348. The molecule has 17 heteroatoms. The van der Waals surface area contributed by atoms with Crippen LogP contribution < -0.4 is 9.31 Å². The first kappa shape index (κ1) is 44.3.